The maximum atomic E-state index is 13.2. The first kappa shape index (κ1) is 31.2. The number of fused-ring (bicyclic) bond motifs is 1. The van der Waals surface area contributed by atoms with E-state index >= 15 is 0 Å². The van der Waals surface area contributed by atoms with Gasteiger partial charge in [0.2, 0.25) is 23.6 Å². The van der Waals surface area contributed by atoms with E-state index in [1.54, 1.807) is 20.0 Å². The Morgan fingerprint density at radius 1 is 0.949 bits per heavy atom. The normalized spacial score (nSPS) is 14.3. The molecule has 0 saturated heterocycles. The van der Waals surface area contributed by atoms with Crippen LogP contribution in [0.2, 0.25) is 0 Å². The van der Waals surface area contributed by atoms with E-state index in [2.05, 4.69) is 20.9 Å². The third-order valence-electron chi connectivity index (χ3n) is 6.30. The molecule has 13 nitrogen and oxygen atoms in total. The van der Waals surface area contributed by atoms with E-state index < -0.39 is 60.2 Å². The van der Waals surface area contributed by atoms with Crippen LogP contribution < -0.4 is 33.2 Å². The van der Waals surface area contributed by atoms with Gasteiger partial charge in [-0.1, -0.05) is 32.0 Å². The van der Waals surface area contributed by atoms with Crippen LogP contribution in [0.1, 0.15) is 45.1 Å². The Morgan fingerprint density at radius 2 is 1.62 bits per heavy atom. The Labute approximate surface area is 226 Å². The Morgan fingerprint density at radius 3 is 2.23 bits per heavy atom. The summed E-state index contributed by atoms with van der Waals surface area (Å²) >= 11 is 0. The van der Waals surface area contributed by atoms with Gasteiger partial charge in [-0.2, -0.15) is 0 Å². The van der Waals surface area contributed by atoms with Gasteiger partial charge in [-0.15, -0.1) is 0 Å². The van der Waals surface area contributed by atoms with Crippen molar-refractivity contribution in [3.8, 4) is 0 Å². The summed E-state index contributed by atoms with van der Waals surface area (Å²) in [5, 5.41) is 17.8. The molecular weight excluding hydrogens is 506 g/mol. The largest absolute Gasteiger partial charge is 0.480 e. The minimum atomic E-state index is -1.55. The summed E-state index contributed by atoms with van der Waals surface area (Å²) in [6.45, 7) is 3.82. The molecule has 2 aromatic rings. The number of carbonyl (C=O) groups is 5. The van der Waals surface area contributed by atoms with Crippen molar-refractivity contribution in [3.63, 3.8) is 0 Å². The zero-order valence-corrected chi connectivity index (χ0v) is 22.2. The Bertz CT molecular complexity index is 1160. The molecule has 1 heterocycles. The van der Waals surface area contributed by atoms with Crippen LogP contribution in [0.4, 0.5) is 0 Å². The van der Waals surface area contributed by atoms with Gasteiger partial charge in [-0.05, 0) is 49.8 Å². The number of H-pyrrole nitrogens is 1. The number of nitrogens with two attached hydrogens (primary N) is 3. The average Bonchev–Trinajstić information content (AvgIpc) is 3.28. The molecule has 2 rings (SSSR count). The molecule has 11 N–H and O–H groups in total. The van der Waals surface area contributed by atoms with E-state index in [0.29, 0.717) is 19.4 Å². The summed E-state index contributed by atoms with van der Waals surface area (Å²) in [6, 6.07) is 2.98. The van der Waals surface area contributed by atoms with Gasteiger partial charge in [-0.25, -0.2) is 4.79 Å². The highest BCUT2D eigenvalue weighted by atomic mass is 16.4. The van der Waals surface area contributed by atoms with Crippen LogP contribution in [-0.2, 0) is 30.4 Å². The summed E-state index contributed by atoms with van der Waals surface area (Å²) in [7, 11) is 0. The number of rotatable bonds is 16. The highest BCUT2D eigenvalue weighted by molar-refractivity contribution is 5.95. The van der Waals surface area contributed by atoms with E-state index in [4.69, 9.17) is 17.2 Å². The quantitative estimate of drug-likeness (QED) is 0.124. The van der Waals surface area contributed by atoms with Crippen LogP contribution in [0.15, 0.2) is 30.5 Å². The summed E-state index contributed by atoms with van der Waals surface area (Å²) in [4.78, 5) is 64.9. The van der Waals surface area contributed by atoms with Crippen molar-refractivity contribution >= 4 is 40.5 Å². The lowest BCUT2D eigenvalue weighted by molar-refractivity contribution is -0.143. The summed E-state index contributed by atoms with van der Waals surface area (Å²) in [5.74, 6) is -4.66. The van der Waals surface area contributed by atoms with Crippen LogP contribution in [-0.4, -0.2) is 70.4 Å². The second-order valence-corrected chi connectivity index (χ2v) is 9.82. The Kier molecular flexibility index (Phi) is 11.9. The number of unbranched alkanes of at least 4 members (excludes halogenated alkanes) is 1. The highest BCUT2D eigenvalue weighted by Gasteiger charge is 2.32. The fraction of sp³-hybridized carbons (Fsp3) is 0.500. The molecular formula is C26H39N7O6. The number of carboxylic acids is 1. The van der Waals surface area contributed by atoms with Crippen molar-refractivity contribution < 1.29 is 29.1 Å². The molecule has 1 aromatic heterocycles. The van der Waals surface area contributed by atoms with Crippen molar-refractivity contribution in [3.05, 3.63) is 36.0 Å². The SMILES string of the molecule is CC(C)C(NC(=O)C(N)Cc1c[nH]c2ccccc12)C(=O)NC(CCCCN)C(=O)NC(CC(N)=O)C(=O)O. The number of carbonyl (C=O) groups excluding carboxylic acids is 4. The molecule has 0 saturated carbocycles. The third kappa shape index (κ3) is 9.37. The van der Waals surface area contributed by atoms with Gasteiger partial charge in [0.25, 0.3) is 0 Å². The molecule has 0 aliphatic rings. The lowest BCUT2D eigenvalue weighted by Crippen LogP contribution is -2.58. The number of primary amides is 1. The van der Waals surface area contributed by atoms with Crippen LogP contribution in [0, 0.1) is 5.92 Å². The van der Waals surface area contributed by atoms with Gasteiger partial charge in [-0.3, -0.25) is 19.2 Å². The lowest BCUT2D eigenvalue weighted by atomic mass is 10.00. The average molecular weight is 546 g/mol. The van der Waals surface area contributed by atoms with Crippen LogP contribution >= 0.6 is 0 Å². The number of amides is 4. The fourth-order valence-corrected chi connectivity index (χ4v) is 4.12. The summed E-state index contributed by atoms with van der Waals surface area (Å²) in [6.07, 6.45) is 2.62. The number of aromatic nitrogens is 1. The first-order valence-electron chi connectivity index (χ1n) is 12.9. The molecule has 1 aromatic carbocycles. The Hall–Kier alpha value is -3.97. The van der Waals surface area contributed by atoms with E-state index in [-0.39, 0.29) is 18.8 Å². The fourth-order valence-electron chi connectivity index (χ4n) is 4.12. The number of hydrogen-bond donors (Lipinski definition) is 8. The first-order chi connectivity index (χ1) is 18.4. The number of carboxylic acid groups (broad SMARTS) is 1. The standard InChI is InChI=1S/C26H39N7O6/c1-14(2)22(33-23(35)17(28)11-15-13-30-18-8-4-3-7-16(15)18)25(37)31-19(9-5-6-10-27)24(36)32-20(26(38)39)12-21(29)34/h3-4,7-8,13-14,17,19-20,22,30H,5-6,9-12,27-28H2,1-2H3,(H2,29,34)(H,31,37)(H,32,36)(H,33,35)(H,38,39). The maximum Gasteiger partial charge on any atom is 0.326 e. The molecule has 0 radical (unpaired) electrons. The minimum Gasteiger partial charge on any atom is -0.480 e. The number of aliphatic carboxylic acids is 1. The van der Waals surface area contributed by atoms with Crippen molar-refractivity contribution in [2.45, 2.75) is 70.1 Å². The predicted octanol–water partition coefficient (Wildman–Crippen LogP) is -0.763. The molecule has 0 aliphatic heterocycles. The minimum absolute atomic E-state index is 0.163. The van der Waals surface area contributed by atoms with E-state index in [1.807, 2.05) is 24.3 Å². The van der Waals surface area contributed by atoms with Crippen molar-refractivity contribution in [2.24, 2.45) is 23.1 Å². The van der Waals surface area contributed by atoms with Crippen LogP contribution in [0.25, 0.3) is 10.9 Å². The third-order valence-corrected chi connectivity index (χ3v) is 6.30. The van der Waals surface area contributed by atoms with Gasteiger partial charge in [0.15, 0.2) is 0 Å². The number of benzene rings is 1. The van der Waals surface area contributed by atoms with Crippen molar-refractivity contribution in [2.75, 3.05) is 6.54 Å². The second-order valence-electron chi connectivity index (χ2n) is 9.82. The van der Waals surface area contributed by atoms with Gasteiger partial charge < -0.3 is 43.2 Å². The molecule has 0 bridgehead atoms. The molecule has 0 spiro atoms. The van der Waals surface area contributed by atoms with Crippen molar-refractivity contribution in [1.29, 1.82) is 0 Å². The molecule has 4 atom stereocenters. The zero-order chi connectivity index (χ0) is 29.1. The number of nitrogens with one attached hydrogen (secondary N) is 4. The van der Waals surface area contributed by atoms with Gasteiger partial charge in [0.1, 0.15) is 18.1 Å². The molecule has 4 unspecified atom stereocenters. The molecule has 0 fully saturated rings. The highest BCUT2D eigenvalue weighted by Crippen LogP contribution is 2.19. The lowest BCUT2D eigenvalue weighted by Gasteiger charge is -2.27. The van der Waals surface area contributed by atoms with Gasteiger partial charge in [0.05, 0.1) is 12.5 Å². The van der Waals surface area contributed by atoms with Gasteiger partial charge in [0, 0.05) is 17.1 Å². The predicted molar refractivity (Wildman–Crippen MR) is 145 cm³/mol. The number of aromatic amines is 1. The summed E-state index contributed by atoms with van der Waals surface area (Å²) < 4.78 is 0. The van der Waals surface area contributed by atoms with Crippen LogP contribution in [0.5, 0.6) is 0 Å². The van der Waals surface area contributed by atoms with Crippen LogP contribution in [0.3, 0.4) is 0 Å². The smallest absolute Gasteiger partial charge is 0.326 e. The monoisotopic (exact) mass is 545 g/mol. The van der Waals surface area contributed by atoms with E-state index in [0.717, 1.165) is 16.5 Å². The number of hydrogen-bond acceptors (Lipinski definition) is 7. The van der Waals surface area contributed by atoms with E-state index in [9.17, 15) is 29.1 Å². The van der Waals surface area contributed by atoms with E-state index in [1.165, 1.54) is 0 Å². The molecule has 0 aliphatic carbocycles. The topological polar surface area (TPSA) is 236 Å². The zero-order valence-electron chi connectivity index (χ0n) is 22.2. The number of para-hydroxylation sites is 1. The molecule has 4 amide bonds. The van der Waals surface area contributed by atoms with Gasteiger partial charge >= 0.3 is 5.97 Å². The first-order valence-corrected chi connectivity index (χ1v) is 12.9. The van der Waals surface area contributed by atoms with Crippen molar-refractivity contribution in [1.82, 2.24) is 20.9 Å². The summed E-state index contributed by atoms with van der Waals surface area (Å²) in [5.41, 5.74) is 18.6. The molecule has 214 valence electrons. The maximum absolute atomic E-state index is 13.2. The molecule has 39 heavy (non-hydrogen) atoms. The Balaban J connectivity index is 2.11. The molecule has 13 heteroatoms. The second kappa shape index (κ2) is 14.8.